The van der Waals surface area contributed by atoms with Gasteiger partial charge in [-0.15, -0.1) is 0 Å². The fourth-order valence-corrected chi connectivity index (χ4v) is 1.67. The van der Waals surface area contributed by atoms with Crippen LogP contribution in [0.1, 0.15) is 19.0 Å². The zero-order valence-electron chi connectivity index (χ0n) is 11.4. The fourth-order valence-electron chi connectivity index (χ4n) is 1.67. The van der Waals surface area contributed by atoms with E-state index in [-0.39, 0.29) is 0 Å². The van der Waals surface area contributed by atoms with Gasteiger partial charge in [-0.25, -0.2) is 13.8 Å². The quantitative estimate of drug-likeness (QED) is 0.877. The molecule has 0 atom stereocenters. The Morgan fingerprint density at radius 2 is 1.90 bits per heavy atom. The van der Waals surface area contributed by atoms with Crippen LogP contribution in [0.5, 0.6) is 0 Å². The molecule has 20 heavy (non-hydrogen) atoms. The molecule has 6 heteroatoms. The minimum atomic E-state index is -0.910. The molecule has 1 aromatic carbocycles. The highest BCUT2D eigenvalue weighted by molar-refractivity contribution is 5.55. The van der Waals surface area contributed by atoms with Crippen LogP contribution in [0.2, 0.25) is 0 Å². The van der Waals surface area contributed by atoms with E-state index in [1.54, 1.807) is 0 Å². The van der Waals surface area contributed by atoms with Crippen LogP contribution in [-0.2, 0) is 0 Å². The molecule has 0 amide bonds. The van der Waals surface area contributed by atoms with E-state index in [0.29, 0.717) is 17.5 Å². The van der Waals surface area contributed by atoms with Crippen LogP contribution in [0.3, 0.4) is 0 Å². The molecule has 0 saturated carbocycles. The van der Waals surface area contributed by atoms with Crippen LogP contribution in [0.15, 0.2) is 24.3 Å². The van der Waals surface area contributed by atoms with Gasteiger partial charge in [-0.3, -0.25) is 0 Å². The standard InChI is InChI=1S/C14H16F2N4/c1-3-6-17-13-7-9(2)18-14(20-13)19-10-4-5-11(15)12(16)8-10/h4-5,7-8H,3,6H2,1-2H3,(H2,17,18,19,20). The number of halogens is 2. The molecule has 2 aromatic rings. The van der Waals surface area contributed by atoms with Gasteiger partial charge in [-0.1, -0.05) is 6.92 Å². The molecular formula is C14H16F2N4. The van der Waals surface area contributed by atoms with Gasteiger partial charge in [0.25, 0.3) is 0 Å². The highest BCUT2D eigenvalue weighted by atomic mass is 19.2. The average molecular weight is 278 g/mol. The number of anilines is 3. The molecule has 0 aliphatic heterocycles. The SMILES string of the molecule is CCCNc1cc(C)nc(Nc2ccc(F)c(F)c2)n1. The summed E-state index contributed by atoms with van der Waals surface area (Å²) in [5.74, 6) is -0.753. The molecule has 2 rings (SSSR count). The summed E-state index contributed by atoms with van der Waals surface area (Å²) >= 11 is 0. The lowest BCUT2D eigenvalue weighted by Gasteiger charge is -2.09. The van der Waals surface area contributed by atoms with Crippen molar-refractivity contribution in [3.63, 3.8) is 0 Å². The van der Waals surface area contributed by atoms with Crippen LogP contribution in [0.25, 0.3) is 0 Å². The van der Waals surface area contributed by atoms with Crippen molar-refractivity contribution in [3.05, 3.63) is 41.6 Å². The van der Waals surface area contributed by atoms with Crippen molar-refractivity contribution in [1.82, 2.24) is 9.97 Å². The maximum atomic E-state index is 13.1. The topological polar surface area (TPSA) is 49.8 Å². The van der Waals surface area contributed by atoms with E-state index in [1.807, 2.05) is 13.0 Å². The Morgan fingerprint density at radius 1 is 1.10 bits per heavy atom. The second-order valence-corrected chi connectivity index (χ2v) is 4.40. The van der Waals surface area contributed by atoms with Crippen LogP contribution in [0, 0.1) is 18.6 Å². The van der Waals surface area contributed by atoms with Crippen LogP contribution in [-0.4, -0.2) is 16.5 Å². The first-order chi connectivity index (χ1) is 9.58. The Balaban J connectivity index is 2.19. The van der Waals surface area contributed by atoms with Gasteiger partial charge < -0.3 is 10.6 Å². The predicted molar refractivity (Wildman–Crippen MR) is 75.2 cm³/mol. The van der Waals surface area contributed by atoms with Gasteiger partial charge in [-0.2, -0.15) is 4.98 Å². The first-order valence-corrected chi connectivity index (χ1v) is 6.40. The molecule has 4 nitrogen and oxygen atoms in total. The van der Waals surface area contributed by atoms with Gasteiger partial charge in [-0.05, 0) is 25.5 Å². The first kappa shape index (κ1) is 14.2. The molecular weight excluding hydrogens is 262 g/mol. The molecule has 0 bridgehead atoms. The number of nitrogens with zero attached hydrogens (tertiary/aromatic N) is 2. The van der Waals surface area contributed by atoms with Crippen LogP contribution < -0.4 is 10.6 Å². The number of benzene rings is 1. The molecule has 0 aliphatic rings. The van der Waals surface area contributed by atoms with Crippen molar-refractivity contribution in [2.75, 3.05) is 17.2 Å². The molecule has 1 aromatic heterocycles. The van der Waals surface area contributed by atoms with Crippen molar-refractivity contribution in [2.24, 2.45) is 0 Å². The normalized spacial score (nSPS) is 10.4. The van der Waals surface area contributed by atoms with Crippen LogP contribution >= 0.6 is 0 Å². The van der Waals surface area contributed by atoms with E-state index in [2.05, 4.69) is 27.5 Å². The number of nitrogens with one attached hydrogen (secondary N) is 2. The Labute approximate surface area is 116 Å². The molecule has 0 saturated heterocycles. The van der Waals surface area contributed by atoms with E-state index >= 15 is 0 Å². The fraction of sp³-hybridized carbons (Fsp3) is 0.286. The number of aromatic nitrogens is 2. The van der Waals surface area contributed by atoms with Gasteiger partial charge in [0.15, 0.2) is 11.6 Å². The summed E-state index contributed by atoms with van der Waals surface area (Å²) in [6.45, 7) is 4.71. The third kappa shape index (κ3) is 3.63. The lowest BCUT2D eigenvalue weighted by molar-refractivity contribution is 0.509. The van der Waals surface area contributed by atoms with Gasteiger partial charge in [0.1, 0.15) is 5.82 Å². The Morgan fingerprint density at radius 3 is 2.60 bits per heavy atom. The minimum Gasteiger partial charge on any atom is -0.370 e. The zero-order valence-corrected chi connectivity index (χ0v) is 11.4. The van der Waals surface area contributed by atoms with E-state index in [9.17, 15) is 8.78 Å². The number of aryl methyl sites for hydroxylation is 1. The van der Waals surface area contributed by atoms with Gasteiger partial charge in [0.2, 0.25) is 5.95 Å². The zero-order chi connectivity index (χ0) is 14.5. The largest absolute Gasteiger partial charge is 0.370 e. The van der Waals surface area contributed by atoms with Crippen molar-refractivity contribution >= 4 is 17.5 Å². The number of hydrogen-bond acceptors (Lipinski definition) is 4. The van der Waals surface area contributed by atoms with E-state index in [0.717, 1.165) is 30.8 Å². The lowest BCUT2D eigenvalue weighted by Crippen LogP contribution is -2.06. The molecule has 0 unspecified atom stereocenters. The molecule has 1 heterocycles. The lowest BCUT2D eigenvalue weighted by atomic mass is 10.3. The molecule has 0 radical (unpaired) electrons. The maximum Gasteiger partial charge on any atom is 0.229 e. The van der Waals surface area contributed by atoms with Crippen LogP contribution in [0.4, 0.5) is 26.2 Å². The summed E-state index contributed by atoms with van der Waals surface area (Å²) in [6, 6.07) is 5.39. The smallest absolute Gasteiger partial charge is 0.229 e. The summed E-state index contributed by atoms with van der Waals surface area (Å²) in [5.41, 5.74) is 1.18. The predicted octanol–water partition coefficient (Wildman–Crippen LogP) is 3.63. The number of hydrogen-bond donors (Lipinski definition) is 2. The number of rotatable bonds is 5. The molecule has 0 spiro atoms. The Kier molecular flexibility index (Phi) is 4.45. The van der Waals surface area contributed by atoms with Gasteiger partial charge in [0.05, 0.1) is 0 Å². The molecule has 2 N–H and O–H groups in total. The molecule has 106 valence electrons. The third-order valence-corrected chi connectivity index (χ3v) is 2.59. The monoisotopic (exact) mass is 278 g/mol. The van der Waals surface area contributed by atoms with Crippen molar-refractivity contribution in [2.45, 2.75) is 20.3 Å². The van der Waals surface area contributed by atoms with Crippen molar-refractivity contribution in [1.29, 1.82) is 0 Å². The summed E-state index contributed by atoms with van der Waals surface area (Å²) in [5, 5.41) is 6.02. The Hall–Kier alpha value is -2.24. The van der Waals surface area contributed by atoms with Crippen molar-refractivity contribution in [3.8, 4) is 0 Å². The summed E-state index contributed by atoms with van der Waals surface area (Å²) in [4.78, 5) is 8.48. The van der Waals surface area contributed by atoms with E-state index in [4.69, 9.17) is 0 Å². The Bertz CT molecular complexity index is 602. The highest BCUT2D eigenvalue weighted by Crippen LogP contribution is 2.18. The van der Waals surface area contributed by atoms with Crippen molar-refractivity contribution < 1.29 is 8.78 Å². The first-order valence-electron chi connectivity index (χ1n) is 6.40. The van der Waals surface area contributed by atoms with E-state index in [1.165, 1.54) is 6.07 Å². The van der Waals surface area contributed by atoms with Gasteiger partial charge in [0, 0.05) is 30.1 Å². The van der Waals surface area contributed by atoms with Gasteiger partial charge >= 0.3 is 0 Å². The second-order valence-electron chi connectivity index (χ2n) is 4.40. The molecule has 0 aliphatic carbocycles. The summed E-state index contributed by atoms with van der Waals surface area (Å²) in [6.07, 6.45) is 0.981. The summed E-state index contributed by atoms with van der Waals surface area (Å²) < 4.78 is 26.0. The minimum absolute atomic E-state index is 0.342. The third-order valence-electron chi connectivity index (χ3n) is 2.59. The summed E-state index contributed by atoms with van der Waals surface area (Å²) in [7, 11) is 0. The highest BCUT2D eigenvalue weighted by Gasteiger charge is 2.05. The maximum absolute atomic E-state index is 13.1. The molecule has 0 fully saturated rings. The average Bonchev–Trinajstić information content (AvgIpc) is 2.40. The second kappa shape index (κ2) is 6.27. The van der Waals surface area contributed by atoms with E-state index < -0.39 is 11.6 Å².